The first-order valence-electron chi connectivity index (χ1n) is 4.67. The predicted molar refractivity (Wildman–Crippen MR) is 58.2 cm³/mol. The molecule has 16 heavy (non-hydrogen) atoms. The van der Waals surface area contributed by atoms with Gasteiger partial charge in [-0.2, -0.15) is 5.26 Å². The van der Waals surface area contributed by atoms with Crippen LogP contribution in [0.5, 0.6) is 0 Å². The summed E-state index contributed by atoms with van der Waals surface area (Å²) in [6.07, 6.45) is 0.442. The van der Waals surface area contributed by atoms with Gasteiger partial charge in [-0.25, -0.2) is 9.78 Å². The third kappa shape index (κ3) is 3.46. The largest absolute Gasteiger partial charge is 0.465 e. The minimum absolute atomic E-state index is 0.327. The predicted octanol–water partition coefficient (Wildman–Crippen LogP) is 0.657. The lowest BCUT2D eigenvalue weighted by molar-refractivity contribution is 0.195. The zero-order valence-electron chi connectivity index (χ0n) is 8.84. The molecular weight excluding hydrogens is 208 g/mol. The molecule has 0 aliphatic rings. The number of carbonyl (C=O) groups is 1. The van der Waals surface area contributed by atoms with Crippen LogP contribution in [0.3, 0.4) is 0 Å². The Hall–Kier alpha value is -2.29. The average Bonchev–Trinajstić information content (AvgIpc) is 2.28. The lowest BCUT2D eigenvalue weighted by Crippen LogP contribution is -2.32. The molecule has 1 rings (SSSR count). The van der Waals surface area contributed by atoms with E-state index in [0.717, 1.165) is 0 Å². The summed E-state index contributed by atoms with van der Waals surface area (Å²) in [5.74, 6) is 0.700. The summed E-state index contributed by atoms with van der Waals surface area (Å²) in [6.45, 7) is 0.846. The maximum Gasteiger partial charge on any atom is 0.404 e. The number of nitriles is 1. The fourth-order valence-electron chi connectivity index (χ4n) is 1.12. The molecule has 6 heteroatoms. The minimum atomic E-state index is -1.04. The molecule has 0 bridgehead atoms. The number of rotatable bonds is 4. The number of anilines is 1. The van der Waals surface area contributed by atoms with Crippen molar-refractivity contribution in [2.45, 2.75) is 0 Å². The van der Waals surface area contributed by atoms with E-state index in [4.69, 9.17) is 10.4 Å². The number of hydrogen-bond acceptors (Lipinski definition) is 4. The molecule has 0 fully saturated rings. The van der Waals surface area contributed by atoms with Crippen LogP contribution in [0.1, 0.15) is 5.56 Å². The van der Waals surface area contributed by atoms with Crippen molar-refractivity contribution in [3.8, 4) is 6.07 Å². The van der Waals surface area contributed by atoms with Crippen LogP contribution in [-0.4, -0.2) is 36.3 Å². The molecule has 0 spiro atoms. The lowest BCUT2D eigenvalue weighted by Gasteiger charge is -2.17. The second-order valence-corrected chi connectivity index (χ2v) is 3.17. The van der Waals surface area contributed by atoms with Crippen LogP contribution in [0.25, 0.3) is 0 Å². The zero-order chi connectivity index (χ0) is 12.0. The lowest BCUT2D eigenvalue weighted by atomic mass is 10.3. The monoisotopic (exact) mass is 220 g/mol. The highest BCUT2D eigenvalue weighted by atomic mass is 16.4. The first-order valence-corrected chi connectivity index (χ1v) is 4.67. The van der Waals surface area contributed by atoms with Gasteiger partial charge in [0.15, 0.2) is 0 Å². The van der Waals surface area contributed by atoms with Crippen LogP contribution in [0.15, 0.2) is 18.3 Å². The Kier molecular flexibility index (Phi) is 4.09. The van der Waals surface area contributed by atoms with Gasteiger partial charge in [-0.1, -0.05) is 0 Å². The zero-order valence-corrected chi connectivity index (χ0v) is 8.84. The first-order chi connectivity index (χ1) is 7.63. The van der Waals surface area contributed by atoms with Crippen LogP contribution >= 0.6 is 0 Å². The molecule has 6 nitrogen and oxygen atoms in total. The number of aromatic nitrogens is 1. The smallest absolute Gasteiger partial charge is 0.404 e. The summed E-state index contributed by atoms with van der Waals surface area (Å²) >= 11 is 0. The minimum Gasteiger partial charge on any atom is -0.465 e. The fraction of sp³-hybridized carbons (Fsp3) is 0.300. The van der Waals surface area contributed by atoms with Gasteiger partial charge < -0.3 is 15.3 Å². The second-order valence-electron chi connectivity index (χ2n) is 3.17. The van der Waals surface area contributed by atoms with Crippen molar-refractivity contribution < 1.29 is 9.90 Å². The van der Waals surface area contributed by atoms with Crippen LogP contribution in [-0.2, 0) is 0 Å². The van der Waals surface area contributed by atoms with Crippen molar-refractivity contribution in [3.63, 3.8) is 0 Å². The standard InChI is InChI=1S/C10H12N4O2/c1-14(5-4-12-10(15)16)9-3-2-8(6-11)7-13-9/h2-3,7,12H,4-5H2,1H3,(H,15,16). The Bertz CT molecular complexity index is 396. The van der Waals surface area contributed by atoms with E-state index in [2.05, 4.69) is 10.3 Å². The van der Waals surface area contributed by atoms with Gasteiger partial charge in [0, 0.05) is 26.3 Å². The van der Waals surface area contributed by atoms with Gasteiger partial charge in [-0.15, -0.1) is 0 Å². The molecule has 1 aromatic rings. The Morgan fingerprint density at radius 3 is 2.94 bits per heavy atom. The van der Waals surface area contributed by atoms with Crippen molar-refractivity contribution >= 4 is 11.9 Å². The average molecular weight is 220 g/mol. The molecule has 0 aromatic carbocycles. The van der Waals surface area contributed by atoms with Gasteiger partial charge in [-0.3, -0.25) is 0 Å². The number of likely N-dealkylation sites (N-methyl/N-ethyl adjacent to an activating group) is 1. The van der Waals surface area contributed by atoms with Gasteiger partial charge in [-0.05, 0) is 12.1 Å². The molecule has 84 valence electrons. The highest BCUT2D eigenvalue weighted by Gasteiger charge is 2.02. The number of pyridine rings is 1. The highest BCUT2D eigenvalue weighted by molar-refractivity contribution is 5.64. The van der Waals surface area contributed by atoms with E-state index in [-0.39, 0.29) is 0 Å². The number of carboxylic acid groups (broad SMARTS) is 1. The summed E-state index contributed by atoms with van der Waals surface area (Å²) in [4.78, 5) is 16.1. The van der Waals surface area contributed by atoms with E-state index in [1.807, 2.05) is 6.07 Å². The second kappa shape index (κ2) is 5.56. The van der Waals surface area contributed by atoms with E-state index in [0.29, 0.717) is 24.5 Å². The maximum atomic E-state index is 10.2. The molecule has 1 heterocycles. The van der Waals surface area contributed by atoms with Crippen molar-refractivity contribution in [1.29, 1.82) is 5.26 Å². The van der Waals surface area contributed by atoms with E-state index in [9.17, 15) is 4.79 Å². The van der Waals surface area contributed by atoms with Crippen molar-refractivity contribution in [2.75, 3.05) is 25.0 Å². The number of nitrogens with zero attached hydrogens (tertiary/aromatic N) is 3. The quantitative estimate of drug-likeness (QED) is 0.777. The Morgan fingerprint density at radius 2 is 2.44 bits per heavy atom. The molecule has 2 N–H and O–H groups in total. The summed E-state index contributed by atoms with van der Waals surface area (Å²) in [5.41, 5.74) is 0.501. The summed E-state index contributed by atoms with van der Waals surface area (Å²) in [6, 6.07) is 5.37. The first kappa shape index (κ1) is 11.8. The normalized spacial score (nSPS) is 9.25. The SMILES string of the molecule is CN(CCNC(=O)O)c1ccc(C#N)cn1. The molecule has 0 unspecified atom stereocenters. The summed E-state index contributed by atoms with van der Waals surface area (Å²) < 4.78 is 0. The Morgan fingerprint density at radius 1 is 1.69 bits per heavy atom. The molecule has 1 aromatic heterocycles. The van der Waals surface area contributed by atoms with Crippen molar-refractivity contribution in [2.24, 2.45) is 0 Å². The molecule has 0 saturated carbocycles. The molecule has 0 radical (unpaired) electrons. The fourth-order valence-corrected chi connectivity index (χ4v) is 1.12. The van der Waals surface area contributed by atoms with E-state index in [1.54, 1.807) is 24.1 Å². The van der Waals surface area contributed by atoms with Crippen molar-refractivity contribution in [3.05, 3.63) is 23.9 Å². The van der Waals surface area contributed by atoms with E-state index >= 15 is 0 Å². The third-order valence-electron chi connectivity index (χ3n) is 1.99. The summed E-state index contributed by atoms with van der Waals surface area (Å²) in [7, 11) is 1.80. The Balaban J connectivity index is 2.49. The number of amides is 1. The molecule has 1 amide bonds. The molecule has 0 atom stereocenters. The van der Waals surface area contributed by atoms with Gasteiger partial charge in [0.25, 0.3) is 0 Å². The summed E-state index contributed by atoms with van der Waals surface area (Å²) in [5, 5.41) is 19.2. The van der Waals surface area contributed by atoms with Crippen molar-refractivity contribution in [1.82, 2.24) is 10.3 Å². The Labute approximate surface area is 93.1 Å². The molecule has 0 aliphatic heterocycles. The van der Waals surface area contributed by atoms with Gasteiger partial charge in [0.1, 0.15) is 11.9 Å². The van der Waals surface area contributed by atoms with Crippen LogP contribution in [0, 0.1) is 11.3 Å². The maximum absolute atomic E-state index is 10.2. The third-order valence-corrected chi connectivity index (χ3v) is 1.99. The molecule has 0 aliphatic carbocycles. The van der Waals surface area contributed by atoms with E-state index < -0.39 is 6.09 Å². The van der Waals surface area contributed by atoms with Crippen LogP contribution in [0.2, 0.25) is 0 Å². The van der Waals surface area contributed by atoms with Crippen LogP contribution < -0.4 is 10.2 Å². The molecular formula is C10H12N4O2. The topological polar surface area (TPSA) is 89.3 Å². The van der Waals surface area contributed by atoms with Crippen LogP contribution in [0.4, 0.5) is 10.6 Å². The number of hydrogen-bond donors (Lipinski definition) is 2. The van der Waals surface area contributed by atoms with E-state index in [1.165, 1.54) is 6.20 Å². The number of nitrogens with one attached hydrogen (secondary N) is 1. The van der Waals surface area contributed by atoms with Gasteiger partial charge in [0.05, 0.1) is 5.56 Å². The highest BCUT2D eigenvalue weighted by Crippen LogP contribution is 2.08. The van der Waals surface area contributed by atoms with Gasteiger partial charge in [0.2, 0.25) is 0 Å². The molecule has 0 saturated heterocycles. The van der Waals surface area contributed by atoms with Gasteiger partial charge >= 0.3 is 6.09 Å².